The molecule has 0 unspecified atom stereocenters. The Kier molecular flexibility index (Phi) is 2.64. The molecule has 1 nitrogen and oxygen atoms in total. The zero-order valence-corrected chi connectivity index (χ0v) is 8.98. The van der Waals surface area contributed by atoms with Crippen molar-refractivity contribution >= 4 is 17.1 Å². The zero-order valence-electron chi connectivity index (χ0n) is 8.16. The Morgan fingerprint density at radius 1 is 1.33 bits per heavy atom. The van der Waals surface area contributed by atoms with Gasteiger partial charge in [0.2, 0.25) is 5.78 Å². The largest absolute Gasteiger partial charge is 0.288 e. The van der Waals surface area contributed by atoms with Crippen molar-refractivity contribution in [2.75, 3.05) is 0 Å². The first-order valence-electron chi connectivity index (χ1n) is 4.53. The number of aryl methyl sites for hydroxylation is 1. The van der Waals surface area contributed by atoms with E-state index in [9.17, 15) is 9.18 Å². The van der Waals surface area contributed by atoms with Crippen LogP contribution < -0.4 is 0 Å². The van der Waals surface area contributed by atoms with Crippen LogP contribution in [0.1, 0.15) is 20.8 Å². The van der Waals surface area contributed by atoms with Crippen molar-refractivity contribution in [3.8, 4) is 0 Å². The van der Waals surface area contributed by atoms with Crippen molar-refractivity contribution in [3.05, 3.63) is 57.5 Å². The van der Waals surface area contributed by atoms with Crippen molar-refractivity contribution in [3.63, 3.8) is 0 Å². The summed E-state index contributed by atoms with van der Waals surface area (Å²) in [5.41, 5.74) is 1.04. The molecule has 0 amide bonds. The van der Waals surface area contributed by atoms with Gasteiger partial charge in [-0.3, -0.25) is 4.79 Å². The van der Waals surface area contributed by atoms with Gasteiger partial charge < -0.3 is 0 Å². The molecule has 15 heavy (non-hydrogen) atoms. The third-order valence-electron chi connectivity index (χ3n) is 2.17. The molecule has 0 aliphatic rings. The first-order valence-corrected chi connectivity index (χ1v) is 5.41. The van der Waals surface area contributed by atoms with Gasteiger partial charge >= 0.3 is 0 Å². The molecular weight excluding hydrogens is 211 g/mol. The average molecular weight is 220 g/mol. The maximum atomic E-state index is 13.0. The van der Waals surface area contributed by atoms with E-state index in [1.807, 2.05) is 11.4 Å². The van der Waals surface area contributed by atoms with Gasteiger partial charge in [0.1, 0.15) is 5.82 Å². The molecule has 2 rings (SSSR count). The summed E-state index contributed by atoms with van der Waals surface area (Å²) in [5, 5.41) is 1.85. The van der Waals surface area contributed by atoms with E-state index < -0.39 is 0 Å². The predicted octanol–water partition coefficient (Wildman–Crippen LogP) is 3.43. The molecular formula is C12H9FOS. The number of thiophene rings is 1. The Balaban J connectivity index is 2.39. The Morgan fingerprint density at radius 3 is 2.73 bits per heavy atom. The number of rotatable bonds is 2. The maximum absolute atomic E-state index is 13.0. The summed E-state index contributed by atoms with van der Waals surface area (Å²) in [5.74, 6) is -0.328. The highest BCUT2D eigenvalue weighted by molar-refractivity contribution is 7.12. The Morgan fingerprint density at radius 2 is 2.13 bits per heavy atom. The fourth-order valence-corrected chi connectivity index (χ4v) is 2.02. The van der Waals surface area contributed by atoms with Crippen LogP contribution in [0.25, 0.3) is 0 Å². The van der Waals surface area contributed by atoms with Crippen LogP contribution >= 0.6 is 11.3 Å². The molecule has 0 saturated carbocycles. The number of hydrogen-bond donors (Lipinski definition) is 0. The van der Waals surface area contributed by atoms with E-state index >= 15 is 0 Å². The number of benzene rings is 1. The van der Waals surface area contributed by atoms with Crippen LogP contribution in [0, 0.1) is 12.7 Å². The molecule has 76 valence electrons. The van der Waals surface area contributed by atoms with Crippen molar-refractivity contribution < 1.29 is 9.18 Å². The Labute approximate surface area is 91.2 Å². The second-order valence-electron chi connectivity index (χ2n) is 3.27. The van der Waals surface area contributed by atoms with E-state index in [0.29, 0.717) is 16.0 Å². The molecule has 0 saturated heterocycles. The average Bonchev–Trinajstić information content (AvgIpc) is 2.74. The molecule has 2 aromatic rings. The summed E-state index contributed by atoms with van der Waals surface area (Å²) < 4.78 is 13.0. The van der Waals surface area contributed by atoms with Gasteiger partial charge in [0.25, 0.3) is 0 Å². The highest BCUT2D eigenvalue weighted by Crippen LogP contribution is 2.17. The van der Waals surface area contributed by atoms with E-state index in [0.717, 1.165) is 0 Å². The molecule has 0 spiro atoms. The molecule has 3 heteroatoms. The van der Waals surface area contributed by atoms with Crippen LogP contribution in [0.5, 0.6) is 0 Å². The van der Waals surface area contributed by atoms with Gasteiger partial charge in [0.15, 0.2) is 0 Å². The van der Waals surface area contributed by atoms with Crippen molar-refractivity contribution in [2.24, 2.45) is 0 Å². The minimum Gasteiger partial charge on any atom is -0.288 e. The minimum absolute atomic E-state index is 0.0481. The zero-order chi connectivity index (χ0) is 10.8. The van der Waals surface area contributed by atoms with Crippen LogP contribution in [-0.2, 0) is 0 Å². The quantitative estimate of drug-likeness (QED) is 0.709. The fourth-order valence-electron chi connectivity index (χ4n) is 1.34. The van der Waals surface area contributed by atoms with Gasteiger partial charge in [-0.2, -0.15) is 0 Å². The van der Waals surface area contributed by atoms with Gasteiger partial charge in [-0.05, 0) is 42.1 Å². The highest BCUT2D eigenvalue weighted by atomic mass is 32.1. The molecule has 0 aliphatic carbocycles. The molecule has 1 heterocycles. The number of hydrogen-bond acceptors (Lipinski definition) is 2. The fraction of sp³-hybridized carbons (Fsp3) is 0.0833. The third-order valence-corrected chi connectivity index (χ3v) is 3.03. The number of ketones is 1. The lowest BCUT2D eigenvalue weighted by Crippen LogP contribution is -1.99. The van der Waals surface area contributed by atoms with E-state index in [2.05, 4.69) is 0 Å². The van der Waals surface area contributed by atoms with Crippen LogP contribution in [0.3, 0.4) is 0 Å². The van der Waals surface area contributed by atoms with Crippen molar-refractivity contribution in [1.29, 1.82) is 0 Å². The van der Waals surface area contributed by atoms with Gasteiger partial charge in [0, 0.05) is 5.56 Å². The first kappa shape index (κ1) is 10.1. The van der Waals surface area contributed by atoms with Gasteiger partial charge in [0.05, 0.1) is 4.88 Å². The molecule has 1 aromatic carbocycles. The van der Waals surface area contributed by atoms with Crippen LogP contribution in [0.2, 0.25) is 0 Å². The maximum Gasteiger partial charge on any atom is 0.202 e. The summed E-state index contributed by atoms with van der Waals surface area (Å²) in [6, 6.07) is 8.03. The third kappa shape index (κ3) is 1.97. The topological polar surface area (TPSA) is 17.1 Å². The van der Waals surface area contributed by atoms with Crippen molar-refractivity contribution in [1.82, 2.24) is 0 Å². The van der Waals surface area contributed by atoms with Crippen LogP contribution in [0.15, 0.2) is 35.7 Å². The SMILES string of the molecule is Cc1cc(C(=O)c2cccs2)ccc1F. The molecule has 0 bridgehead atoms. The molecule has 0 radical (unpaired) electrons. The lowest BCUT2D eigenvalue weighted by atomic mass is 10.1. The molecule has 0 fully saturated rings. The van der Waals surface area contributed by atoms with Crippen molar-refractivity contribution in [2.45, 2.75) is 6.92 Å². The summed E-state index contributed by atoms with van der Waals surface area (Å²) in [6.45, 7) is 1.65. The Hall–Kier alpha value is -1.48. The van der Waals surface area contributed by atoms with E-state index in [1.165, 1.54) is 23.5 Å². The van der Waals surface area contributed by atoms with Gasteiger partial charge in [-0.15, -0.1) is 11.3 Å². The highest BCUT2D eigenvalue weighted by Gasteiger charge is 2.10. The molecule has 1 aromatic heterocycles. The second-order valence-corrected chi connectivity index (χ2v) is 4.22. The minimum atomic E-state index is -0.280. The van der Waals surface area contributed by atoms with E-state index in [1.54, 1.807) is 19.1 Å². The lowest BCUT2D eigenvalue weighted by Gasteiger charge is -2.00. The normalized spacial score (nSPS) is 10.3. The molecule has 0 N–H and O–H groups in total. The second kappa shape index (κ2) is 3.95. The molecule has 0 aliphatic heterocycles. The first-order chi connectivity index (χ1) is 7.18. The summed E-state index contributed by atoms with van der Waals surface area (Å²) in [6.07, 6.45) is 0. The summed E-state index contributed by atoms with van der Waals surface area (Å²) in [7, 11) is 0. The standard InChI is InChI=1S/C12H9FOS/c1-8-7-9(4-5-10(8)13)12(14)11-3-2-6-15-11/h2-7H,1H3. The van der Waals surface area contributed by atoms with Crippen LogP contribution in [0.4, 0.5) is 4.39 Å². The smallest absolute Gasteiger partial charge is 0.202 e. The monoisotopic (exact) mass is 220 g/mol. The van der Waals surface area contributed by atoms with E-state index in [4.69, 9.17) is 0 Å². The van der Waals surface area contributed by atoms with E-state index in [-0.39, 0.29) is 11.6 Å². The Bertz CT molecular complexity index is 488. The summed E-state index contributed by atoms with van der Waals surface area (Å²) >= 11 is 1.39. The summed E-state index contributed by atoms with van der Waals surface area (Å²) in [4.78, 5) is 12.5. The van der Waals surface area contributed by atoms with Gasteiger partial charge in [-0.1, -0.05) is 6.07 Å². The molecule has 0 atom stereocenters. The number of carbonyl (C=O) groups excluding carboxylic acids is 1. The lowest BCUT2D eigenvalue weighted by molar-refractivity contribution is 0.104. The van der Waals surface area contributed by atoms with Gasteiger partial charge in [-0.25, -0.2) is 4.39 Å². The number of halogens is 1. The van der Waals surface area contributed by atoms with Crippen LogP contribution in [-0.4, -0.2) is 5.78 Å². The number of carbonyl (C=O) groups is 1. The predicted molar refractivity (Wildman–Crippen MR) is 58.9 cm³/mol.